The summed E-state index contributed by atoms with van der Waals surface area (Å²) in [5.74, 6) is 2.92. The number of piperidine rings is 1. The molecule has 4 heteroatoms. The van der Waals surface area contributed by atoms with Crippen molar-refractivity contribution in [2.24, 2.45) is 17.6 Å². The molecule has 2 aliphatic rings. The smallest absolute Gasteiger partial charge is 0.126 e. The molecular weight excluding hydrogens is 212 g/mol. The molecule has 2 heterocycles. The van der Waals surface area contributed by atoms with Crippen molar-refractivity contribution in [1.29, 1.82) is 0 Å². The highest BCUT2D eigenvalue weighted by Crippen LogP contribution is 2.32. The zero-order chi connectivity index (χ0) is 11.7. The Morgan fingerprint density at radius 3 is 2.59 bits per heavy atom. The van der Waals surface area contributed by atoms with Crippen molar-refractivity contribution >= 4 is 5.82 Å². The van der Waals surface area contributed by atoms with Gasteiger partial charge >= 0.3 is 0 Å². The van der Waals surface area contributed by atoms with E-state index in [4.69, 9.17) is 5.73 Å². The van der Waals surface area contributed by atoms with Crippen LogP contribution in [0, 0.1) is 11.8 Å². The van der Waals surface area contributed by atoms with Gasteiger partial charge in [0, 0.05) is 25.7 Å². The van der Waals surface area contributed by atoms with E-state index in [1.165, 1.54) is 31.5 Å². The number of hydrogen-bond acceptors (Lipinski definition) is 3. The van der Waals surface area contributed by atoms with Crippen LogP contribution in [0.25, 0.3) is 0 Å². The molecule has 0 radical (unpaired) electrons. The Morgan fingerprint density at radius 2 is 1.94 bits per heavy atom. The van der Waals surface area contributed by atoms with Gasteiger partial charge in [-0.15, -0.1) is 0 Å². The molecule has 17 heavy (non-hydrogen) atoms. The highest BCUT2D eigenvalue weighted by Gasteiger charge is 2.25. The van der Waals surface area contributed by atoms with Crippen molar-refractivity contribution < 1.29 is 0 Å². The maximum Gasteiger partial charge on any atom is 0.126 e. The van der Waals surface area contributed by atoms with Gasteiger partial charge in [-0.1, -0.05) is 0 Å². The van der Waals surface area contributed by atoms with Crippen LogP contribution in [0.5, 0.6) is 0 Å². The Labute approximate surface area is 103 Å². The van der Waals surface area contributed by atoms with Crippen LogP contribution in [0.15, 0.2) is 12.3 Å². The third kappa shape index (κ3) is 2.46. The average molecular weight is 234 g/mol. The van der Waals surface area contributed by atoms with E-state index in [9.17, 15) is 0 Å². The van der Waals surface area contributed by atoms with Crippen LogP contribution in [0.2, 0.25) is 0 Å². The molecule has 0 aromatic carbocycles. The second kappa shape index (κ2) is 4.69. The van der Waals surface area contributed by atoms with E-state index >= 15 is 0 Å². The van der Waals surface area contributed by atoms with Gasteiger partial charge in [0.15, 0.2) is 0 Å². The quantitative estimate of drug-likeness (QED) is 0.858. The van der Waals surface area contributed by atoms with Gasteiger partial charge in [0.25, 0.3) is 0 Å². The molecule has 0 spiro atoms. The highest BCUT2D eigenvalue weighted by molar-refractivity contribution is 5.38. The average Bonchev–Trinajstić information content (AvgIpc) is 3.06. The number of nitrogens with two attached hydrogens (primary N) is 1. The number of nitrogens with zero attached hydrogens (tertiary/aromatic N) is 3. The van der Waals surface area contributed by atoms with Crippen LogP contribution >= 0.6 is 0 Å². The maximum atomic E-state index is 5.74. The summed E-state index contributed by atoms with van der Waals surface area (Å²) in [5, 5.41) is 4.46. The van der Waals surface area contributed by atoms with Crippen molar-refractivity contribution in [2.75, 3.05) is 24.5 Å². The number of anilines is 1. The predicted molar refractivity (Wildman–Crippen MR) is 68.9 cm³/mol. The molecule has 1 aromatic rings. The second-order valence-corrected chi connectivity index (χ2v) is 5.48. The molecule has 0 unspecified atom stereocenters. The molecule has 0 amide bonds. The lowest BCUT2D eigenvalue weighted by Gasteiger charge is -2.33. The minimum atomic E-state index is 0.728. The third-order valence-electron chi connectivity index (χ3n) is 4.09. The van der Waals surface area contributed by atoms with Gasteiger partial charge in [-0.05, 0) is 44.1 Å². The van der Waals surface area contributed by atoms with E-state index < -0.39 is 0 Å². The van der Waals surface area contributed by atoms with Crippen LogP contribution in [-0.2, 0) is 6.54 Å². The van der Waals surface area contributed by atoms with Crippen LogP contribution in [0.1, 0.15) is 25.7 Å². The fraction of sp³-hybridized carbons (Fsp3) is 0.769. The largest absolute Gasteiger partial charge is 0.357 e. The molecule has 0 atom stereocenters. The minimum Gasteiger partial charge on any atom is -0.357 e. The van der Waals surface area contributed by atoms with Gasteiger partial charge in [0.2, 0.25) is 0 Å². The van der Waals surface area contributed by atoms with Crippen molar-refractivity contribution in [1.82, 2.24) is 9.78 Å². The fourth-order valence-electron chi connectivity index (χ4n) is 2.68. The normalized spacial score (nSPS) is 22.1. The molecule has 1 aliphatic heterocycles. The third-order valence-corrected chi connectivity index (χ3v) is 4.09. The summed E-state index contributed by atoms with van der Waals surface area (Å²) < 4.78 is 2.19. The summed E-state index contributed by atoms with van der Waals surface area (Å²) in [5.41, 5.74) is 5.74. The molecule has 1 aromatic heterocycles. The monoisotopic (exact) mass is 234 g/mol. The molecule has 2 fully saturated rings. The molecule has 94 valence electrons. The number of aromatic nitrogens is 2. The van der Waals surface area contributed by atoms with Gasteiger partial charge in [-0.2, -0.15) is 5.10 Å². The SMILES string of the molecule is NCC1CCN(c2ccnn2CC2CC2)CC1. The van der Waals surface area contributed by atoms with Gasteiger partial charge in [-0.25, -0.2) is 4.68 Å². The van der Waals surface area contributed by atoms with Gasteiger partial charge in [0.05, 0.1) is 6.20 Å². The van der Waals surface area contributed by atoms with Crippen molar-refractivity contribution in [3.05, 3.63) is 12.3 Å². The van der Waals surface area contributed by atoms with Gasteiger partial charge < -0.3 is 10.6 Å². The summed E-state index contributed by atoms with van der Waals surface area (Å²) in [7, 11) is 0. The first kappa shape index (κ1) is 11.1. The van der Waals surface area contributed by atoms with E-state index in [-0.39, 0.29) is 0 Å². The first-order valence-corrected chi connectivity index (χ1v) is 6.83. The Balaban J connectivity index is 1.65. The highest BCUT2D eigenvalue weighted by atomic mass is 15.4. The Bertz CT molecular complexity index is 361. The summed E-state index contributed by atoms with van der Waals surface area (Å²) >= 11 is 0. The van der Waals surface area contributed by atoms with Crippen LogP contribution in [0.3, 0.4) is 0 Å². The summed E-state index contributed by atoms with van der Waals surface area (Å²) in [6, 6.07) is 2.16. The first-order valence-electron chi connectivity index (χ1n) is 6.83. The van der Waals surface area contributed by atoms with Crippen LogP contribution in [0.4, 0.5) is 5.82 Å². The second-order valence-electron chi connectivity index (χ2n) is 5.48. The van der Waals surface area contributed by atoms with Crippen molar-refractivity contribution in [2.45, 2.75) is 32.2 Å². The van der Waals surface area contributed by atoms with E-state index in [0.717, 1.165) is 38.0 Å². The summed E-state index contributed by atoms with van der Waals surface area (Å²) in [4.78, 5) is 2.47. The predicted octanol–water partition coefficient (Wildman–Crippen LogP) is 1.47. The Hall–Kier alpha value is -1.03. The fourth-order valence-corrected chi connectivity index (χ4v) is 2.68. The van der Waals surface area contributed by atoms with Crippen LogP contribution in [-0.4, -0.2) is 29.4 Å². The number of hydrogen-bond donors (Lipinski definition) is 1. The first-order chi connectivity index (χ1) is 8.36. The van der Waals surface area contributed by atoms with Gasteiger partial charge in [0.1, 0.15) is 5.82 Å². The zero-order valence-corrected chi connectivity index (χ0v) is 10.4. The minimum absolute atomic E-state index is 0.728. The Morgan fingerprint density at radius 1 is 1.18 bits per heavy atom. The lowest BCUT2D eigenvalue weighted by atomic mass is 9.97. The molecule has 1 aliphatic carbocycles. The topological polar surface area (TPSA) is 47.1 Å². The lowest BCUT2D eigenvalue weighted by Crippen LogP contribution is -2.37. The van der Waals surface area contributed by atoms with E-state index in [1.54, 1.807) is 0 Å². The van der Waals surface area contributed by atoms with E-state index in [1.807, 2.05) is 6.20 Å². The lowest BCUT2D eigenvalue weighted by molar-refractivity contribution is 0.407. The maximum absolute atomic E-state index is 5.74. The van der Waals surface area contributed by atoms with Crippen molar-refractivity contribution in [3.8, 4) is 0 Å². The van der Waals surface area contributed by atoms with E-state index in [2.05, 4.69) is 20.7 Å². The summed E-state index contributed by atoms with van der Waals surface area (Å²) in [6.45, 7) is 4.23. The summed E-state index contributed by atoms with van der Waals surface area (Å²) in [6.07, 6.45) is 7.16. The molecule has 1 saturated heterocycles. The molecule has 2 N–H and O–H groups in total. The zero-order valence-electron chi connectivity index (χ0n) is 10.4. The molecule has 1 saturated carbocycles. The number of rotatable bonds is 4. The molecular formula is C13H22N4. The standard InChI is InChI=1S/C13H22N4/c14-9-11-4-7-16(8-5-11)13-3-6-15-17(13)10-12-1-2-12/h3,6,11-12H,1-2,4-5,7-10,14H2. The van der Waals surface area contributed by atoms with E-state index in [0.29, 0.717) is 0 Å². The Kier molecular flexibility index (Phi) is 3.05. The van der Waals surface area contributed by atoms with Crippen LogP contribution < -0.4 is 10.6 Å². The van der Waals surface area contributed by atoms with Crippen molar-refractivity contribution in [3.63, 3.8) is 0 Å². The van der Waals surface area contributed by atoms with Gasteiger partial charge in [-0.3, -0.25) is 0 Å². The molecule has 3 rings (SSSR count). The molecule has 4 nitrogen and oxygen atoms in total. The molecule has 0 bridgehead atoms.